The first-order chi connectivity index (χ1) is 13.7. The topological polar surface area (TPSA) is 101 Å². The SMILES string of the molecule is CC(C)C(NC(=O)c1ccc(Cl)c([N+](=O)[O-])c1)C(=O)NCCc1cccc(F)c1. The van der Waals surface area contributed by atoms with E-state index in [0.717, 1.165) is 11.6 Å². The van der Waals surface area contributed by atoms with Crippen LogP contribution in [0.5, 0.6) is 0 Å². The van der Waals surface area contributed by atoms with Crippen molar-refractivity contribution in [2.24, 2.45) is 5.92 Å². The Morgan fingerprint density at radius 3 is 2.55 bits per heavy atom. The Morgan fingerprint density at radius 2 is 1.93 bits per heavy atom. The number of nitrogens with one attached hydrogen (secondary N) is 2. The van der Waals surface area contributed by atoms with Crippen molar-refractivity contribution in [1.82, 2.24) is 10.6 Å². The highest BCUT2D eigenvalue weighted by molar-refractivity contribution is 6.32. The number of benzene rings is 2. The van der Waals surface area contributed by atoms with Crippen LogP contribution in [0.3, 0.4) is 0 Å². The number of nitro groups is 1. The number of halogens is 2. The van der Waals surface area contributed by atoms with Crippen LogP contribution >= 0.6 is 11.6 Å². The fraction of sp³-hybridized carbons (Fsp3) is 0.300. The molecule has 0 aliphatic carbocycles. The van der Waals surface area contributed by atoms with E-state index in [2.05, 4.69) is 10.6 Å². The van der Waals surface area contributed by atoms with E-state index in [0.29, 0.717) is 6.42 Å². The number of hydrogen-bond donors (Lipinski definition) is 2. The number of hydrogen-bond acceptors (Lipinski definition) is 4. The van der Waals surface area contributed by atoms with Crippen molar-refractivity contribution in [3.8, 4) is 0 Å². The summed E-state index contributed by atoms with van der Waals surface area (Å²) >= 11 is 5.76. The molecule has 9 heteroatoms. The highest BCUT2D eigenvalue weighted by atomic mass is 35.5. The molecular formula is C20H21ClFN3O4. The molecule has 0 aromatic heterocycles. The van der Waals surface area contributed by atoms with Gasteiger partial charge in [-0.05, 0) is 42.2 Å². The average molecular weight is 422 g/mol. The maximum atomic E-state index is 13.2. The Labute approximate surface area is 172 Å². The van der Waals surface area contributed by atoms with Crippen molar-refractivity contribution in [1.29, 1.82) is 0 Å². The molecule has 0 saturated carbocycles. The minimum Gasteiger partial charge on any atom is -0.354 e. The summed E-state index contributed by atoms with van der Waals surface area (Å²) in [4.78, 5) is 35.3. The summed E-state index contributed by atoms with van der Waals surface area (Å²) in [5, 5.41) is 16.2. The molecule has 29 heavy (non-hydrogen) atoms. The predicted molar refractivity (Wildman–Crippen MR) is 107 cm³/mol. The minimum atomic E-state index is -0.843. The van der Waals surface area contributed by atoms with Gasteiger partial charge in [0.15, 0.2) is 0 Å². The summed E-state index contributed by atoms with van der Waals surface area (Å²) in [5.41, 5.74) is 0.378. The first kappa shape index (κ1) is 22.3. The third kappa shape index (κ3) is 6.25. The third-order valence-electron chi connectivity index (χ3n) is 4.24. The summed E-state index contributed by atoms with van der Waals surface area (Å²) in [5.74, 6) is -1.59. The fourth-order valence-corrected chi connectivity index (χ4v) is 2.87. The van der Waals surface area contributed by atoms with Gasteiger partial charge in [0.2, 0.25) is 5.91 Å². The average Bonchev–Trinajstić information content (AvgIpc) is 2.65. The lowest BCUT2D eigenvalue weighted by Gasteiger charge is -2.22. The highest BCUT2D eigenvalue weighted by Crippen LogP contribution is 2.25. The summed E-state index contributed by atoms with van der Waals surface area (Å²) in [7, 11) is 0. The van der Waals surface area contributed by atoms with Crippen LogP contribution in [0.1, 0.15) is 29.8 Å². The van der Waals surface area contributed by atoms with Crippen molar-refractivity contribution < 1.29 is 18.9 Å². The molecule has 0 aliphatic heterocycles. The Hall–Kier alpha value is -3.00. The fourth-order valence-electron chi connectivity index (χ4n) is 2.69. The van der Waals surface area contributed by atoms with Crippen molar-refractivity contribution >= 4 is 29.1 Å². The maximum Gasteiger partial charge on any atom is 0.288 e. The van der Waals surface area contributed by atoms with Gasteiger partial charge in [0.25, 0.3) is 11.6 Å². The van der Waals surface area contributed by atoms with Crippen LogP contribution < -0.4 is 10.6 Å². The second kappa shape index (κ2) is 9.97. The van der Waals surface area contributed by atoms with E-state index in [1.807, 2.05) is 0 Å². The van der Waals surface area contributed by atoms with Crippen molar-refractivity contribution in [2.75, 3.05) is 6.54 Å². The summed E-state index contributed by atoms with van der Waals surface area (Å²) in [6.07, 6.45) is 0.436. The highest BCUT2D eigenvalue weighted by Gasteiger charge is 2.25. The molecule has 2 amide bonds. The molecule has 2 aromatic rings. The van der Waals surface area contributed by atoms with Crippen LogP contribution in [-0.2, 0) is 11.2 Å². The number of carbonyl (C=O) groups excluding carboxylic acids is 2. The van der Waals surface area contributed by atoms with Gasteiger partial charge in [-0.25, -0.2) is 4.39 Å². The van der Waals surface area contributed by atoms with E-state index in [1.165, 1.54) is 24.3 Å². The normalized spacial score (nSPS) is 11.8. The summed E-state index contributed by atoms with van der Waals surface area (Å²) in [6, 6.07) is 8.91. The third-order valence-corrected chi connectivity index (χ3v) is 4.56. The zero-order valence-corrected chi connectivity index (χ0v) is 16.7. The van der Waals surface area contributed by atoms with Crippen molar-refractivity contribution in [3.05, 3.63) is 74.5 Å². The van der Waals surface area contributed by atoms with Crippen molar-refractivity contribution in [2.45, 2.75) is 26.3 Å². The van der Waals surface area contributed by atoms with Gasteiger partial charge < -0.3 is 10.6 Å². The van der Waals surface area contributed by atoms with E-state index < -0.39 is 22.8 Å². The van der Waals surface area contributed by atoms with E-state index in [-0.39, 0.29) is 34.6 Å². The minimum absolute atomic E-state index is 0.0271. The second-order valence-corrected chi connectivity index (χ2v) is 7.20. The molecule has 0 bridgehead atoms. The molecule has 2 N–H and O–H groups in total. The largest absolute Gasteiger partial charge is 0.354 e. The van der Waals surface area contributed by atoms with Crippen LogP contribution in [-0.4, -0.2) is 29.3 Å². The van der Waals surface area contributed by atoms with Gasteiger partial charge in [0.05, 0.1) is 4.92 Å². The molecule has 154 valence electrons. The molecule has 0 spiro atoms. The van der Waals surface area contributed by atoms with Crippen LogP contribution in [0, 0.1) is 21.8 Å². The van der Waals surface area contributed by atoms with Crippen molar-refractivity contribution in [3.63, 3.8) is 0 Å². The molecule has 7 nitrogen and oxygen atoms in total. The molecule has 0 saturated heterocycles. The molecule has 2 aromatic carbocycles. The smallest absolute Gasteiger partial charge is 0.288 e. The number of carbonyl (C=O) groups is 2. The molecule has 0 heterocycles. The lowest BCUT2D eigenvalue weighted by molar-refractivity contribution is -0.384. The zero-order valence-electron chi connectivity index (χ0n) is 15.9. The first-order valence-electron chi connectivity index (χ1n) is 8.96. The summed E-state index contributed by atoms with van der Waals surface area (Å²) < 4.78 is 13.2. The lowest BCUT2D eigenvalue weighted by atomic mass is 10.0. The molecule has 1 atom stereocenters. The predicted octanol–water partition coefficient (Wildman–Crippen LogP) is 3.50. The van der Waals surface area contributed by atoms with Gasteiger partial charge in [-0.1, -0.05) is 37.6 Å². The number of amides is 2. The molecule has 0 radical (unpaired) electrons. The van der Waals surface area contributed by atoms with Gasteiger partial charge in [0, 0.05) is 18.2 Å². The van der Waals surface area contributed by atoms with Crippen LogP contribution in [0.15, 0.2) is 42.5 Å². The second-order valence-electron chi connectivity index (χ2n) is 6.79. The lowest BCUT2D eigenvalue weighted by Crippen LogP contribution is -2.50. The van der Waals surface area contributed by atoms with Crippen LogP contribution in [0.2, 0.25) is 5.02 Å². The molecule has 1 unspecified atom stereocenters. The van der Waals surface area contributed by atoms with Crippen LogP contribution in [0.4, 0.5) is 10.1 Å². The Bertz CT molecular complexity index is 920. The van der Waals surface area contributed by atoms with Gasteiger partial charge >= 0.3 is 0 Å². The van der Waals surface area contributed by atoms with Gasteiger partial charge in [-0.3, -0.25) is 19.7 Å². The Morgan fingerprint density at radius 1 is 1.21 bits per heavy atom. The van der Waals surface area contributed by atoms with Gasteiger partial charge in [0.1, 0.15) is 16.9 Å². The number of rotatable bonds is 8. The molecule has 0 aliphatic rings. The van der Waals surface area contributed by atoms with E-state index >= 15 is 0 Å². The van der Waals surface area contributed by atoms with Gasteiger partial charge in [-0.2, -0.15) is 0 Å². The van der Waals surface area contributed by atoms with Gasteiger partial charge in [-0.15, -0.1) is 0 Å². The molecule has 2 rings (SSSR count). The van der Waals surface area contributed by atoms with Crippen LogP contribution in [0.25, 0.3) is 0 Å². The quantitative estimate of drug-likeness (QED) is 0.503. The maximum absolute atomic E-state index is 13.2. The Kier molecular flexibility index (Phi) is 7.67. The monoisotopic (exact) mass is 421 g/mol. The van der Waals surface area contributed by atoms with E-state index in [1.54, 1.807) is 26.0 Å². The van der Waals surface area contributed by atoms with E-state index in [9.17, 15) is 24.1 Å². The Balaban J connectivity index is 2.01. The molecule has 0 fully saturated rings. The number of nitro benzene ring substituents is 1. The first-order valence-corrected chi connectivity index (χ1v) is 9.33. The molecular weight excluding hydrogens is 401 g/mol. The van der Waals surface area contributed by atoms with E-state index in [4.69, 9.17) is 11.6 Å². The standard InChI is InChI=1S/C20H21ClFN3O4/c1-12(2)18(20(27)23-9-8-13-4-3-5-15(22)10-13)24-19(26)14-6-7-16(21)17(11-14)25(28)29/h3-7,10-12,18H,8-9H2,1-2H3,(H,23,27)(H,24,26). The number of nitrogens with zero attached hydrogens (tertiary/aromatic N) is 1. The zero-order chi connectivity index (χ0) is 21.6. The summed E-state index contributed by atoms with van der Waals surface area (Å²) in [6.45, 7) is 3.80.